The molecule has 0 bridgehead atoms. The van der Waals surface area contributed by atoms with Crippen molar-refractivity contribution >= 4 is 76.8 Å². The van der Waals surface area contributed by atoms with E-state index in [0.29, 0.717) is 0 Å². The number of carbonyl (C=O) groups is 1. The molecule has 54 heavy (non-hydrogen) atoms. The second-order valence-electron chi connectivity index (χ2n) is 10.4. The number of phenols is 1. The molecule has 0 unspecified atom stereocenters. The highest BCUT2D eigenvalue weighted by Gasteiger charge is 2.21. The number of halogens is 1. The Labute approximate surface area is 303 Å². The summed E-state index contributed by atoms with van der Waals surface area (Å²) in [7, 11) is -14.4. The summed E-state index contributed by atoms with van der Waals surface area (Å²) in [6.07, 6.45) is -1.40. The Morgan fingerprint density at radius 1 is 0.685 bits per heavy atom. The largest absolute Gasteiger partial charge is 0.504 e. The maximum absolute atomic E-state index is 14.5. The molecule has 0 saturated heterocycles. The summed E-state index contributed by atoms with van der Waals surface area (Å²) in [6.45, 7) is 0. The van der Waals surface area contributed by atoms with Gasteiger partial charge in [-0.05, 0) is 48.5 Å². The second-order valence-corrected chi connectivity index (χ2v) is 14.7. The normalized spacial score (nSPS) is 12.4. The van der Waals surface area contributed by atoms with Crippen LogP contribution in [0.3, 0.4) is 0 Å². The fourth-order valence-corrected chi connectivity index (χ4v) is 5.83. The summed E-state index contributed by atoms with van der Waals surface area (Å²) in [5, 5.41) is 37.2. The Morgan fingerprint density at radius 3 is 1.93 bits per heavy atom. The molecule has 4 aromatic carbocycles. The first-order chi connectivity index (χ1) is 25.3. The van der Waals surface area contributed by atoms with Crippen molar-refractivity contribution in [3.05, 3.63) is 102 Å². The van der Waals surface area contributed by atoms with Crippen LogP contribution in [-0.2, 0) is 30.4 Å². The minimum absolute atomic E-state index is 0.0149. The number of carboxylic acid groups (broad SMARTS) is 1. The van der Waals surface area contributed by atoms with Gasteiger partial charge >= 0.3 is 12.0 Å². The minimum Gasteiger partial charge on any atom is -0.504 e. The highest BCUT2D eigenvalue weighted by Crippen LogP contribution is 2.37. The van der Waals surface area contributed by atoms with Gasteiger partial charge in [0.15, 0.2) is 5.75 Å². The molecule has 25 heteroatoms. The summed E-state index contributed by atoms with van der Waals surface area (Å²) in [6, 6.07) is 16.2. The number of hydrogen-bond acceptors (Lipinski definition) is 16. The van der Waals surface area contributed by atoms with Crippen LogP contribution in [0.4, 0.5) is 39.0 Å². The van der Waals surface area contributed by atoms with E-state index in [9.17, 15) is 58.3 Å². The van der Waals surface area contributed by atoms with Crippen LogP contribution in [0.25, 0.3) is 0 Å². The number of nitrogens with one attached hydrogen (secondary N) is 3. The third-order valence-electron chi connectivity index (χ3n) is 6.69. The predicted octanol–water partition coefficient (Wildman–Crippen LogP) is 4.20. The van der Waals surface area contributed by atoms with Crippen molar-refractivity contribution in [1.29, 1.82) is 0 Å². The van der Waals surface area contributed by atoms with Gasteiger partial charge in [-0.2, -0.15) is 49.7 Å². The number of rotatable bonds is 12. The van der Waals surface area contributed by atoms with Crippen molar-refractivity contribution in [3.63, 3.8) is 0 Å². The molecule has 280 valence electrons. The Bertz CT molecular complexity index is 2680. The molecular formula is C29H22FN9O12S3. The van der Waals surface area contributed by atoms with Crippen molar-refractivity contribution in [2.75, 3.05) is 16.1 Å². The summed E-state index contributed by atoms with van der Waals surface area (Å²) in [5.41, 5.74) is 0.400. The van der Waals surface area contributed by atoms with Crippen molar-refractivity contribution in [2.45, 2.75) is 14.7 Å². The lowest BCUT2D eigenvalue weighted by Crippen LogP contribution is -2.08. The Morgan fingerprint density at radius 2 is 1.30 bits per heavy atom. The van der Waals surface area contributed by atoms with Gasteiger partial charge in [0.05, 0.1) is 25.9 Å². The van der Waals surface area contributed by atoms with Crippen LogP contribution >= 0.6 is 0 Å². The van der Waals surface area contributed by atoms with Gasteiger partial charge in [-0.3, -0.25) is 19.1 Å². The number of hydrazone groups is 1. The molecule has 0 aliphatic rings. The van der Waals surface area contributed by atoms with E-state index in [1.807, 2.05) is 0 Å². The average Bonchev–Trinajstić information content (AvgIpc) is 3.08. The summed E-state index contributed by atoms with van der Waals surface area (Å²) < 4.78 is 114. The average molecular weight is 804 g/mol. The van der Waals surface area contributed by atoms with E-state index in [0.717, 1.165) is 42.5 Å². The first-order valence-electron chi connectivity index (χ1n) is 14.3. The van der Waals surface area contributed by atoms with Gasteiger partial charge < -0.3 is 20.8 Å². The molecule has 0 fully saturated rings. The predicted molar refractivity (Wildman–Crippen MR) is 185 cm³/mol. The number of amidine groups is 1. The van der Waals surface area contributed by atoms with Gasteiger partial charge in [0.2, 0.25) is 17.7 Å². The molecule has 5 aromatic rings. The molecule has 0 amide bonds. The van der Waals surface area contributed by atoms with Crippen LogP contribution in [0.2, 0.25) is 0 Å². The fraction of sp³-hybridized carbons (Fsp3) is 0. The molecule has 21 nitrogen and oxygen atoms in total. The van der Waals surface area contributed by atoms with Gasteiger partial charge in [-0.15, -0.1) is 10.2 Å². The molecule has 0 saturated carbocycles. The summed E-state index contributed by atoms with van der Waals surface area (Å²) in [5.74, 6) is -3.86. The van der Waals surface area contributed by atoms with Crippen LogP contribution in [0.15, 0.2) is 115 Å². The number of benzene rings is 4. The van der Waals surface area contributed by atoms with Gasteiger partial charge in [0.25, 0.3) is 30.4 Å². The number of nitrogens with zero attached hydrogens (tertiary/aromatic N) is 6. The Kier molecular flexibility index (Phi) is 10.9. The van der Waals surface area contributed by atoms with E-state index in [4.69, 9.17) is 0 Å². The maximum Gasteiger partial charge on any atom is 0.337 e. The molecule has 0 radical (unpaired) electrons. The lowest BCUT2D eigenvalue weighted by Gasteiger charge is -2.13. The first-order valence-corrected chi connectivity index (χ1v) is 18.6. The van der Waals surface area contributed by atoms with E-state index in [1.54, 1.807) is 18.2 Å². The van der Waals surface area contributed by atoms with Crippen LogP contribution < -0.4 is 16.1 Å². The molecule has 0 aliphatic heterocycles. The molecule has 1 heterocycles. The zero-order valence-corrected chi connectivity index (χ0v) is 28.9. The molecule has 8 N–H and O–H groups in total. The smallest absolute Gasteiger partial charge is 0.337 e. The first kappa shape index (κ1) is 38.7. The number of aromatic hydroxyl groups is 1. The minimum atomic E-state index is -5.01. The Balaban J connectivity index is 1.53. The monoisotopic (exact) mass is 803 g/mol. The number of azo groups is 1. The van der Waals surface area contributed by atoms with Crippen LogP contribution in [-0.4, -0.2) is 75.9 Å². The molecule has 0 aliphatic carbocycles. The van der Waals surface area contributed by atoms with Crippen molar-refractivity contribution in [2.24, 2.45) is 15.3 Å². The number of anilines is 5. The lowest BCUT2D eigenvalue weighted by molar-refractivity contribution is 0.0697. The van der Waals surface area contributed by atoms with E-state index in [-0.39, 0.29) is 17.1 Å². The van der Waals surface area contributed by atoms with Gasteiger partial charge in [0.1, 0.15) is 11.4 Å². The third-order valence-corrected chi connectivity index (χ3v) is 9.22. The van der Waals surface area contributed by atoms with Crippen LogP contribution in [0.1, 0.15) is 15.9 Å². The topological polar surface area (TPSA) is 332 Å². The van der Waals surface area contributed by atoms with Gasteiger partial charge in [-0.25, -0.2) is 4.79 Å². The molecule has 1 aromatic heterocycles. The molecule has 0 spiro atoms. The zero-order chi connectivity index (χ0) is 39.4. The van der Waals surface area contributed by atoms with E-state index < -0.39 is 97.4 Å². The number of phenolic OH excluding ortho intramolecular Hbond substituents is 1. The van der Waals surface area contributed by atoms with Crippen molar-refractivity contribution in [3.8, 4) is 5.75 Å². The number of carboxylic acids is 1. The molecule has 0 atom stereocenters. The molecule has 5 rings (SSSR count). The molecular weight excluding hydrogens is 782 g/mol. The Hall–Kier alpha value is -6.51. The van der Waals surface area contributed by atoms with E-state index in [1.165, 1.54) is 24.3 Å². The van der Waals surface area contributed by atoms with Gasteiger partial charge in [-0.1, -0.05) is 36.4 Å². The highest BCUT2D eigenvalue weighted by atomic mass is 32.2. The van der Waals surface area contributed by atoms with Crippen LogP contribution in [0.5, 0.6) is 5.75 Å². The SMILES string of the molecule is O=C(O)c1ccc(S(=O)(=O)O)cc1N=N/C(=N/Nc1cc(S(=O)(=O)O)cc(Nc2nc(F)nc(Nc3cccc(S(=O)(=O)O)c3)n2)c1O)c1ccccc1. The van der Waals surface area contributed by atoms with Crippen molar-refractivity contribution in [1.82, 2.24) is 15.0 Å². The van der Waals surface area contributed by atoms with Crippen LogP contribution in [0, 0.1) is 6.08 Å². The van der Waals surface area contributed by atoms with Crippen molar-refractivity contribution < 1.29 is 58.3 Å². The quantitative estimate of drug-likeness (QED) is 0.0219. The van der Waals surface area contributed by atoms with E-state index in [2.05, 4.69) is 46.3 Å². The fourth-order valence-electron chi connectivity index (χ4n) is 4.26. The summed E-state index contributed by atoms with van der Waals surface area (Å²) in [4.78, 5) is 20.5. The lowest BCUT2D eigenvalue weighted by atomic mass is 10.2. The highest BCUT2D eigenvalue weighted by molar-refractivity contribution is 7.86. The number of aromatic nitrogens is 3. The third kappa shape index (κ3) is 9.67. The zero-order valence-electron chi connectivity index (χ0n) is 26.5. The number of aromatic carboxylic acids is 1. The van der Waals surface area contributed by atoms with Gasteiger partial charge in [0, 0.05) is 11.3 Å². The standard InChI is InChI=1S/C29H22FN9O12S3/c30-27-33-28(31-16-7-4-8-17(11-16)52(43,44)45)35-29(34-27)32-22-13-19(54(49,50)51)14-23(24(22)40)37-39-25(15-5-2-1-3-6-15)38-36-21-12-18(53(46,47)48)9-10-20(21)26(41)42/h1-14,37,40H,(H,41,42)(H,43,44,45)(H,46,47,48)(H,49,50,51)(H2,31,32,33,34,35)/b38-36?,39-25+. The van der Waals surface area contributed by atoms with E-state index >= 15 is 0 Å². The maximum atomic E-state index is 14.5. The second kappa shape index (κ2) is 15.2. The number of hydrogen-bond donors (Lipinski definition) is 8. The summed E-state index contributed by atoms with van der Waals surface area (Å²) >= 11 is 0.